The Labute approximate surface area is 193 Å². The maximum atomic E-state index is 13.5. The minimum atomic E-state index is -4.02. The van der Waals surface area contributed by atoms with Crippen molar-refractivity contribution < 1.29 is 18.1 Å². The summed E-state index contributed by atoms with van der Waals surface area (Å²) in [6.45, 7) is 1.85. The highest BCUT2D eigenvalue weighted by molar-refractivity contribution is 7.90. The summed E-state index contributed by atoms with van der Waals surface area (Å²) in [5, 5.41) is 12.7. The fraction of sp³-hybridized carbons (Fsp3) is 0.0909. The molecule has 0 bridgehead atoms. The fourth-order valence-corrected chi connectivity index (χ4v) is 5.83. The number of halogens is 2. The molecule has 1 aromatic heterocycles. The van der Waals surface area contributed by atoms with Crippen molar-refractivity contribution in [2.75, 3.05) is 0 Å². The van der Waals surface area contributed by atoms with Gasteiger partial charge in [-0.2, -0.15) is 0 Å². The molecule has 0 spiro atoms. The van der Waals surface area contributed by atoms with Crippen molar-refractivity contribution in [2.24, 2.45) is 0 Å². The summed E-state index contributed by atoms with van der Waals surface area (Å²) in [5.74, 6) is 0.493. The molecule has 0 saturated carbocycles. The Morgan fingerprint density at radius 2 is 1.78 bits per heavy atom. The van der Waals surface area contributed by atoms with E-state index in [0.29, 0.717) is 27.3 Å². The third-order valence-corrected chi connectivity index (χ3v) is 7.55. The molecule has 0 unspecified atom stereocenters. The highest BCUT2D eigenvalue weighted by Crippen LogP contribution is 2.46. The Balaban J connectivity index is 1.82. The molecule has 7 nitrogen and oxygen atoms in total. The molecule has 0 atom stereocenters. The lowest BCUT2D eigenvalue weighted by Gasteiger charge is -2.12. The van der Waals surface area contributed by atoms with E-state index in [4.69, 9.17) is 27.9 Å². The van der Waals surface area contributed by atoms with E-state index < -0.39 is 14.9 Å². The molecule has 0 fully saturated rings. The predicted octanol–water partition coefficient (Wildman–Crippen LogP) is 6.10. The molecule has 162 valence electrons. The second-order valence-corrected chi connectivity index (χ2v) is 10.2. The lowest BCUT2D eigenvalue weighted by Crippen LogP contribution is -2.12. The van der Waals surface area contributed by atoms with Crippen LogP contribution >= 0.6 is 23.2 Å². The number of fused-ring (bicyclic) bond motifs is 1. The number of nitro benzene ring substituents is 1. The molecule has 1 aliphatic heterocycles. The van der Waals surface area contributed by atoms with Crippen molar-refractivity contribution in [3.63, 3.8) is 0 Å². The highest BCUT2D eigenvalue weighted by atomic mass is 35.5. The number of hydrogen-bond donors (Lipinski definition) is 0. The van der Waals surface area contributed by atoms with Gasteiger partial charge in [-0.1, -0.05) is 40.9 Å². The van der Waals surface area contributed by atoms with Crippen molar-refractivity contribution >= 4 is 49.8 Å². The van der Waals surface area contributed by atoms with E-state index >= 15 is 0 Å². The van der Waals surface area contributed by atoms with Crippen LogP contribution in [0.1, 0.15) is 16.7 Å². The summed E-state index contributed by atoms with van der Waals surface area (Å²) < 4.78 is 34.0. The molecule has 32 heavy (non-hydrogen) atoms. The molecule has 0 radical (unpaired) electrons. The van der Waals surface area contributed by atoms with Crippen molar-refractivity contribution in [1.82, 2.24) is 3.97 Å². The number of ether oxygens (including phenoxy) is 1. The van der Waals surface area contributed by atoms with Gasteiger partial charge in [0.2, 0.25) is 0 Å². The first-order chi connectivity index (χ1) is 15.1. The Hall–Kier alpha value is -3.07. The Morgan fingerprint density at radius 1 is 1.06 bits per heavy atom. The second kappa shape index (κ2) is 7.23. The average Bonchev–Trinajstić information content (AvgIpc) is 3.01. The van der Waals surface area contributed by atoms with E-state index in [1.807, 2.05) is 6.92 Å². The van der Waals surface area contributed by atoms with E-state index in [0.717, 1.165) is 9.54 Å². The van der Waals surface area contributed by atoms with Crippen LogP contribution in [0.15, 0.2) is 59.6 Å². The second-order valence-electron chi connectivity index (χ2n) is 7.52. The monoisotopic (exact) mass is 488 g/mol. The molecule has 2 heterocycles. The average molecular weight is 489 g/mol. The predicted molar refractivity (Wildman–Crippen MR) is 122 cm³/mol. The summed E-state index contributed by atoms with van der Waals surface area (Å²) in [5.41, 5.74) is 2.03. The van der Waals surface area contributed by atoms with Gasteiger partial charge >= 0.3 is 0 Å². The molecule has 5 rings (SSSR count). The topological polar surface area (TPSA) is 91.4 Å². The molecule has 10 heteroatoms. The Morgan fingerprint density at radius 3 is 2.47 bits per heavy atom. The number of non-ortho nitro benzene ring substituents is 1. The maximum Gasteiger partial charge on any atom is 0.275 e. The number of rotatable bonds is 3. The molecule has 0 N–H and O–H groups in total. The van der Waals surface area contributed by atoms with Crippen molar-refractivity contribution in [1.29, 1.82) is 0 Å². The van der Waals surface area contributed by atoms with Crippen LogP contribution in [0.2, 0.25) is 10.0 Å². The molecule has 0 amide bonds. The molecule has 3 aromatic carbocycles. The molecule has 0 aliphatic carbocycles. The zero-order valence-electron chi connectivity index (χ0n) is 16.5. The van der Waals surface area contributed by atoms with Crippen LogP contribution in [0.3, 0.4) is 0 Å². The normalized spacial score (nSPS) is 12.8. The van der Waals surface area contributed by atoms with Crippen LogP contribution in [-0.4, -0.2) is 17.3 Å². The minimum Gasteiger partial charge on any atom is -0.455 e. The summed E-state index contributed by atoms with van der Waals surface area (Å²) >= 11 is 12.5. The number of aromatic nitrogens is 1. The molecule has 4 aromatic rings. The van der Waals surface area contributed by atoms with Crippen LogP contribution < -0.4 is 4.74 Å². The van der Waals surface area contributed by atoms with Crippen molar-refractivity contribution in [3.8, 4) is 11.5 Å². The molecule has 0 saturated heterocycles. The summed E-state index contributed by atoms with van der Waals surface area (Å²) in [4.78, 5) is 11.1. The number of nitrogens with zero attached hydrogens (tertiary/aromatic N) is 2. The largest absolute Gasteiger partial charge is 0.455 e. The summed E-state index contributed by atoms with van der Waals surface area (Å²) in [6, 6.07) is 12.1. The highest BCUT2D eigenvalue weighted by Gasteiger charge is 2.29. The van der Waals surface area contributed by atoms with Crippen LogP contribution in [0.5, 0.6) is 11.5 Å². The lowest BCUT2D eigenvalue weighted by atomic mass is 10.0. The minimum absolute atomic E-state index is 0.0732. The maximum absolute atomic E-state index is 13.5. The van der Waals surface area contributed by atoms with Crippen LogP contribution in [0.25, 0.3) is 10.9 Å². The number of benzene rings is 3. The van der Waals surface area contributed by atoms with Gasteiger partial charge in [-0.25, -0.2) is 12.4 Å². The van der Waals surface area contributed by atoms with Gasteiger partial charge < -0.3 is 4.74 Å². The van der Waals surface area contributed by atoms with Gasteiger partial charge in [-0.05, 0) is 36.8 Å². The SMILES string of the molecule is Cc1ccc(S(=O)(=O)n2cc3c4c(cc([N+](=O)[O-])cc42)Oc2c(Cl)cc(Cl)cc2C3)cc1. The molecular weight excluding hydrogens is 475 g/mol. The van der Waals surface area contributed by atoms with E-state index in [2.05, 4.69) is 0 Å². The number of hydrogen-bond acceptors (Lipinski definition) is 5. The zero-order chi connectivity index (χ0) is 22.8. The van der Waals surface area contributed by atoms with E-state index in [1.54, 1.807) is 18.2 Å². The Kier molecular flexibility index (Phi) is 4.70. The van der Waals surface area contributed by atoms with E-state index in [-0.39, 0.29) is 33.3 Å². The quantitative estimate of drug-likeness (QED) is 0.226. The first-order valence-corrected chi connectivity index (χ1v) is 11.6. The van der Waals surface area contributed by atoms with Crippen LogP contribution in [-0.2, 0) is 16.4 Å². The van der Waals surface area contributed by atoms with Gasteiger partial charge in [-0.3, -0.25) is 10.1 Å². The lowest BCUT2D eigenvalue weighted by molar-refractivity contribution is -0.384. The smallest absolute Gasteiger partial charge is 0.275 e. The first kappa shape index (κ1) is 20.8. The third kappa shape index (κ3) is 3.23. The van der Waals surface area contributed by atoms with Crippen molar-refractivity contribution in [3.05, 3.63) is 91.6 Å². The van der Waals surface area contributed by atoms with Gasteiger partial charge in [0.05, 0.1) is 26.4 Å². The van der Waals surface area contributed by atoms with Gasteiger partial charge in [0.1, 0.15) is 11.5 Å². The van der Waals surface area contributed by atoms with Gasteiger partial charge in [0.25, 0.3) is 15.7 Å². The summed E-state index contributed by atoms with van der Waals surface area (Å²) in [7, 11) is -4.02. The molecule has 1 aliphatic rings. The van der Waals surface area contributed by atoms with Gasteiger partial charge in [-0.15, -0.1) is 0 Å². The van der Waals surface area contributed by atoms with E-state index in [9.17, 15) is 18.5 Å². The van der Waals surface area contributed by atoms with Crippen molar-refractivity contribution in [2.45, 2.75) is 18.2 Å². The summed E-state index contributed by atoms with van der Waals surface area (Å²) in [6.07, 6.45) is 1.76. The molecular formula is C22H14Cl2N2O5S. The van der Waals surface area contributed by atoms with E-state index in [1.165, 1.54) is 36.5 Å². The number of aryl methyl sites for hydroxylation is 1. The fourth-order valence-electron chi connectivity index (χ4n) is 3.88. The van der Waals surface area contributed by atoms with Gasteiger partial charge in [0, 0.05) is 34.7 Å². The first-order valence-electron chi connectivity index (χ1n) is 9.45. The van der Waals surface area contributed by atoms with Crippen LogP contribution in [0.4, 0.5) is 5.69 Å². The number of nitro groups is 1. The van der Waals surface area contributed by atoms with Crippen LogP contribution in [0, 0.1) is 17.0 Å². The van der Waals surface area contributed by atoms with Gasteiger partial charge in [0.15, 0.2) is 0 Å². The zero-order valence-corrected chi connectivity index (χ0v) is 18.8. The third-order valence-electron chi connectivity index (χ3n) is 5.36. The standard InChI is InChI=1S/C22H14Cl2N2O5S/c1-12-2-4-17(5-3-12)32(29,30)25-11-14-6-13-7-15(23)8-18(24)22(13)31-20-10-16(26(27)28)9-19(25)21(14)20/h2-5,7-11H,6H2,1H3. The Bertz CT molecular complexity index is 1540.